The quantitative estimate of drug-likeness (QED) is 0.656. The molecule has 3 amide bonds. The van der Waals surface area contributed by atoms with E-state index in [1.54, 1.807) is 7.11 Å². The lowest BCUT2D eigenvalue weighted by Crippen LogP contribution is -2.56. The van der Waals surface area contributed by atoms with Crippen LogP contribution >= 0.6 is 0 Å². The van der Waals surface area contributed by atoms with E-state index < -0.39 is 0 Å². The van der Waals surface area contributed by atoms with E-state index in [1.807, 2.05) is 31.2 Å². The molecule has 1 atom stereocenters. The zero-order valence-electron chi connectivity index (χ0n) is 18.8. The number of nitrogens with zero attached hydrogens (tertiary/aromatic N) is 2. The Morgan fingerprint density at radius 2 is 1.68 bits per heavy atom. The number of urea groups is 1. The summed E-state index contributed by atoms with van der Waals surface area (Å²) in [6.45, 7) is 6.65. The van der Waals surface area contributed by atoms with E-state index in [0.717, 1.165) is 69.9 Å². The number of hydrogen-bond acceptors (Lipinski definition) is 6. The van der Waals surface area contributed by atoms with Crippen LogP contribution in [0.4, 0.5) is 4.79 Å². The van der Waals surface area contributed by atoms with E-state index in [0.29, 0.717) is 6.61 Å². The number of hydrogen-bond donors (Lipinski definition) is 2. The lowest BCUT2D eigenvalue weighted by Gasteiger charge is -2.37. The van der Waals surface area contributed by atoms with E-state index >= 15 is 0 Å². The molecule has 1 saturated heterocycles. The second-order valence-electron chi connectivity index (χ2n) is 8.38. The minimum atomic E-state index is -0.363. The normalized spacial score (nSPS) is 19.4. The fourth-order valence-corrected chi connectivity index (χ4v) is 4.19. The summed E-state index contributed by atoms with van der Waals surface area (Å²) in [7, 11) is 1.65. The molecule has 1 saturated carbocycles. The number of carbonyl (C=O) groups is 2. The molecule has 1 aromatic rings. The Balaban J connectivity index is 1.32. The van der Waals surface area contributed by atoms with Crippen molar-refractivity contribution in [2.75, 3.05) is 46.4 Å². The molecule has 1 aromatic carbocycles. The maximum Gasteiger partial charge on any atom is 0.321 e. The molecule has 2 aliphatic rings. The third kappa shape index (κ3) is 7.40. The van der Waals surface area contributed by atoms with Gasteiger partial charge in [0.25, 0.3) is 0 Å². The van der Waals surface area contributed by atoms with Crippen molar-refractivity contribution in [1.82, 2.24) is 20.4 Å². The Bertz CT molecular complexity index is 698. The maximum atomic E-state index is 12.5. The van der Waals surface area contributed by atoms with Crippen LogP contribution < -0.4 is 20.1 Å². The van der Waals surface area contributed by atoms with E-state index in [4.69, 9.17) is 9.47 Å². The number of ether oxygens (including phenoxy) is 2. The largest absolute Gasteiger partial charge is 0.497 e. The molecule has 31 heavy (non-hydrogen) atoms. The summed E-state index contributed by atoms with van der Waals surface area (Å²) in [6, 6.07) is 7.09. The van der Waals surface area contributed by atoms with Gasteiger partial charge in [0.15, 0.2) is 0 Å². The van der Waals surface area contributed by atoms with Crippen molar-refractivity contribution in [3.63, 3.8) is 0 Å². The molecule has 0 aromatic heterocycles. The zero-order chi connectivity index (χ0) is 22.1. The molecule has 8 heteroatoms. The Labute approximate surface area is 185 Å². The first kappa shape index (κ1) is 23.3. The van der Waals surface area contributed by atoms with Gasteiger partial charge in [-0.1, -0.05) is 19.3 Å². The molecule has 172 valence electrons. The second-order valence-corrected chi connectivity index (χ2v) is 8.38. The van der Waals surface area contributed by atoms with Crippen LogP contribution in [-0.4, -0.2) is 80.3 Å². The predicted octanol–water partition coefficient (Wildman–Crippen LogP) is 2.24. The average Bonchev–Trinajstić information content (AvgIpc) is 2.80. The number of benzene rings is 1. The van der Waals surface area contributed by atoms with Crippen LogP contribution in [0.3, 0.4) is 0 Å². The van der Waals surface area contributed by atoms with Gasteiger partial charge in [-0.05, 0) is 44.0 Å². The number of carbonyl (C=O) groups excluding carboxylic acids is 2. The molecule has 8 nitrogen and oxygen atoms in total. The number of rotatable bonds is 8. The smallest absolute Gasteiger partial charge is 0.321 e. The lowest BCUT2D eigenvalue weighted by atomic mass is 9.96. The van der Waals surface area contributed by atoms with Gasteiger partial charge in [0.2, 0.25) is 5.91 Å². The van der Waals surface area contributed by atoms with Crippen LogP contribution in [0, 0.1) is 0 Å². The molecular formula is C23H36N4O4. The number of imide groups is 1. The molecular weight excluding hydrogens is 396 g/mol. The third-order valence-corrected chi connectivity index (χ3v) is 6.25. The molecule has 0 bridgehead atoms. The van der Waals surface area contributed by atoms with Gasteiger partial charge in [-0.15, -0.1) is 0 Å². The molecule has 0 unspecified atom stereocenters. The molecule has 0 spiro atoms. The van der Waals surface area contributed by atoms with Crippen molar-refractivity contribution in [2.45, 2.75) is 51.1 Å². The van der Waals surface area contributed by atoms with E-state index in [9.17, 15) is 9.59 Å². The first-order chi connectivity index (χ1) is 15.0. The number of piperazine rings is 1. The van der Waals surface area contributed by atoms with Gasteiger partial charge in [0, 0.05) is 38.8 Å². The van der Waals surface area contributed by atoms with Crippen LogP contribution in [0.15, 0.2) is 24.3 Å². The van der Waals surface area contributed by atoms with Crippen molar-refractivity contribution in [3.05, 3.63) is 24.3 Å². The molecule has 2 fully saturated rings. The topological polar surface area (TPSA) is 83.1 Å². The zero-order valence-corrected chi connectivity index (χ0v) is 18.8. The minimum Gasteiger partial charge on any atom is -0.497 e. The fourth-order valence-electron chi connectivity index (χ4n) is 4.19. The highest BCUT2D eigenvalue weighted by Crippen LogP contribution is 2.18. The van der Waals surface area contributed by atoms with Crippen molar-refractivity contribution < 1.29 is 19.1 Å². The molecule has 1 heterocycles. The summed E-state index contributed by atoms with van der Waals surface area (Å²) in [6.07, 6.45) is 5.52. The van der Waals surface area contributed by atoms with Crippen LogP contribution in [-0.2, 0) is 4.79 Å². The van der Waals surface area contributed by atoms with E-state index in [-0.39, 0.29) is 24.0 Å². The van der Waals surface area contributed by atoms with E-state index in [2.05, 4.69) is 20.4 Å². The summed E-state index contributed by atoms with van der Waals surface area (Å²) in [4.78, 5) is 29.1. The summed E-state index contributed by atoms with van der Waals surface area (Å²) in [5, 5.41) is 5.46. The minimum absolute atomic E-state index is 0.195. The van der Waals surface area contributed by atoms with Gasteiger partial charge in [-0.2, -0.15) is 0 Å². The van der Waals surface area contributed by atoms with Crippen LogP contribution in [0.2, 0.25) is 0 Å². The van der Waals surface area contributed by atoms with Gasteiger partial charge < -0.3 is 14.8 Å². The predicted molar refractivity (Wildman–Crippen MR) is 120 cm³/mol. The summed E-state index contributed by atoms with van der Waals surface area (Å²) in [5.41, 5.74) is 0. The van der Waals surface area contributed by atoms with Gasteiger partial charge in [0.05, 0.1) is 13.2 Å². The van der Waals surface area contributed by atoms with E-state index in [1.165, 1.54) is 6.42 Å². The first-order valence-electron chi connectivity index (χ1n) is 11.4. The molecule has 3 rings (SSSR count). The Kier molecular flexibility index (Phi) is 8.97. The monoisotopic (exact) mass is 432 g/mol. The number of amides is 3. The van der Waals surface area contributed by atoms with Crippen LogP contribution in [0.5, 0.6) is 11.5 Å². The second kappa shape index (κ2) is 11.9. The Morgan fingerprint density at radius 3 is 2.32 bits per heavy atom. The van der Waals surface area contributed by atoms with Gasteiger partial charge in [0.1, 0.15) is 18.1 Å². The van der Waals surface area contributed by atoms with Gasteiger partial charge in [-0.25, -0.2) is 4.79 Å². The fraction of sp³-hybridized carbons (Fsp3) is 0.652. The van der Waals surface area contributed by atoms with Crippen molar-refractivity contribution >= 4 is 11.9 Å². The van der Waals surface area contributed by atoms with Gasteiger partial charge >= 0.3 is 6.03 Å². The first-order valence-corrected chi connectivity index (χ1v) is 11.4. The number of methoxy groups -OCH3 is 1. The van der Waals surface area contributed by atoms with Crippen molar-refractivity contribution in [1.29, 1.82) is 0 Å². The third-order valence-electron chi connectivity index (χ3n) is 6.25. The average molecular weight is 433 g/mol. The van der Waals surface area contributed by atoms with Crippen LogP contribution in [0.25, 0.3) is 0 Å². The molecule has 1 aliphatic carbocycles. The summed E-state index contributed by atoms with van der Waals surface area (Å²) >= 11 is 0. The SMILES string of the molecule is COc1ccc(OCCN2CCN([C@@H](C)C(=O)NC(=O)NC3CCCCC3)CC2)cc1. The van der Waals surface area contributed by atoms with Crippen molar-refractivity contribution in [3.8, 4) is 11.5 Å². The highest BCUT2D eigenvalue weighted by Gasteiger charge is 2.27. The summed E-state index contributed by atoms with van der Waals surface area (Å²) < 4.78 is 11.0. The standard InChI is InChI=1S/C23H36N4O4/c1-18(22(28)25-23(29)24-19-6-4-3-5-7-19)27-14-12-26(13-15-27)16-17-31-21-10-8-20(30-2)9-11-21/h8-11,18-19H,3-7,12-17H2,1-2H3,(H2,24,25,28,29)/t18-/m0/s1. The highest BCUT2D eigenvalue weighted by molar-refractivity contribution is 5.96. The Morgan fingerprint density at radius 1 is 1.03 bits per heavy atom. The maximum absolute atomic E-state index is 12.5. The van der Waals surface area contributed by atoms with Crippen molar-refractivity contribution in [2.24, 2.45) is 0 Å². The highest BCUT2D eigenvalue weighted by atomic mass is 16.5. The lowest BCUT2D eigenvalue weighted by molar-refractivity contribution is -0.125. The summed E-state index contributed by atoms with van der Waals surface area (Å²) in [5.74, 6) is 1.41. The van der Waals surface area contributed by atoms with Crippen LogP contribution in [0.1, 0.15) is 39.0 Å². The Hall–Kier alpha value is -2.32. The number of nitrogens with one attached hydrogen (secondary N) is 2. The molecule has 2 N–H and O–H groups in total. The molecule has 0 radical (unpaired) electrons. The molecule has 1 aliphatic heterocycles. The van der Waals surface area contributed by atoms with Gasteiger partial charge in [-0.3, -0.25) is 19.9 Å².